The number of hydrogen-bond acceptors (Lipinski definition) is 4. The molecule has 0 spiro atoms. The maximum atomic E-state index is 12.9. The van der Waals surface area contributed by atoms with E-state index in [9.17, 15) is 24.1 Å². The zero-order valence-corrected chi connectivity index (χ0v) is 14.4. The maximum Gasteiger partial charge on any atom is 0.282 e. The van der Waals surface area contributed by atoms with Gasteiger partial charge in [0.25, 0.3) is 17.5 Å². The van der Waals surface area contributed by atoms with Crippen molar-refractivity contribution < 1.29 is 18.9 Å². The molecule has 28 heavy (non-hydrogen) atoms. The molecule has 0 radical (unpaired) electrons. The minimum Gasteiger partial charge on any atom is -0.322 e. The van der Waals surface area contributed by atoms with Gasteiger partial charge in [-0.2, -0.15) is 0 Å². The van der Waals surface area contributed by atoms with Gasteiger partial charge in [-0.3, -0.25) is 19.7 Å². The molecule has 0 aliphatic carbocycles. The number of nitro groups is 1. The second kappa shape index (κ2) is 8.09. The molecule has 3 aromatic rings. The van der Waals surface area contributed by atoms with E-state index in [4.69, 9.17) is 0 Å². The van der Waals surface area contributed by atoms with Gasteiger partial charge < -0.3 is 10.6 Å². The van der Waals surface area contributed by atoms with E-state index in [0.717, 1.165) is 0 Å². The first-order valence-electron chi connectivity index (χ1n) is 8.16. The minimum atomic E-state index is -0.664. The van der Waals surface area contributed by atoms with E-state index in [1.165, 1.54) is 54.6 Å². The second-order valence-electron chi connectivity index (χ2n) is 5.77. The number of nitrogens with one attached hydrogen (secondary N) is 2. The standard InChI is InChI=1S/C20H14FN3O4/c21-14-8-10-15(11-9-14)22-19(25)13-4-3-5-16(12-13)23-20(26)17-6-1-2-7-18(17)24(27)28/h1-12H,(H,22,25)(H,23,26). The number of para-hydroxylation sites is 1. The molecule has 3 aromatic carbocycles. The van der Waals surface area contributed by atoms with E-state index >= 15 is 0 Å². The molecule has 8 heteroatoms. The molecule has 0 atom stereocenters. The SMILES string of the molecule is O=C(Nc1ccc(F)cc1)c1cccc(NC(=O)c2ccccc2[N+](=O)[O-])c1. The molecular formula is C20H14FN3O4. The number of carbonyl (C=O) groups excluding carboxylic acids is 2. The van der Waals surface area contributed by atoms with Crippen LogP contribution in [0.5, 0.6) is 0 Å². The Labute approximate surface area is 159 Å². The van der Waals surface area contributed by atoms with Gasteiger partial charge in [-0.05, 0) is 48.5 Å². The molecule has 0 bridgehead atoms. The van der Waals surface area contributed by atoms with Crippen LogP contribution in [0.1, 0.15) is 20.7 Å². The van der Waals surface area contributed by atoms with E-state index < -0.39 is 22.6 Å². The van der Waals surface area contributed by atoms with Gasteiger partial charge in [-0.1, -0.05) is 18.2 Å². The molecular weight excluding hydrogens is 365 g/mol. The van der Waals surface area contributed by atoms with Crippen LogP contribution < -0.4 is 10.6 Å². The van der Waals surface area contributed by atoms with Crippen molar-refractivity contribution in [1.82, 2.24) is 0 Å². The number of rotatable bonds is 5. The Morgan fingerprint density at radius 1 is 0.821 bits per heavy atom. The molecule has 0 heterocycles. The number of halogens is 1. The molecule has 7 nitrogen and oxygen atoms in total. The van der Waals surface area contributed by atoms with Crippen LogP contribution >= 0.6 is 0 Å². The average molecular weight is 379 g/mol. The summed E-state index contributed by atoms with van der Waals surface area (Å²) < 4.78 is 12.9. The van der Waals surface area contributed by atoms with Crippen molar-refractivity contribution in [2.24, 2.45) is 0 Å². The summed E-state index contributed by atoms with van der Waals surface area (Å²) in [5, 5.41) is 16.2. The van der Waals surface area contributed by atoms with Crippen LogP contribution in [-0.4, -0.2) is 16.7 Å². The smallest absolute Gasteiger partial charge is 0.282 e. The Kier molecular flexibility index (Phi) is 5.40. The number of anilines is 2. The van der Waals surface area contributed by atoms with E-state index in [-0.39, 0.29) is 16.8 Å². The van der Waals surface area contributed by atoms with Gasteiger partial charge in [0.2, 0.25) is 0 Å². The molecule has 0 aliphatic rings. The highest BCUT2D eigenvalue weighted by atomic mass is 19.1. The van der Waals surface area contributed by atoms with E-state index in [1.807, 2.05) is 0 Å². The summed E-state index contributed by atoms with van der Waals surface area (Å²) in [6.07, 6.45) is 0. The fourth-order valence-corrected chi connectivity index (χ4v) is 2.50. The zero-order valence-electron chi connectivity index (χ0n) is 14.4. The van der Waals surface area contributed by atoms with Crippen LogP contribution in [0, 0.1) is 15.9 Å². The Morgan fingerprint density at radius 2 is 1.50 bits per heavy atom. The lowest BCUT2D eigenvalue weighted by atomic mass is 10.1. The summed E-state index contributed by atoms with van der Waals surface area (Å²) >= 11 is 0. The average Bonchev–Trinajstić information content (AvgIpc) is 2.70. The first-order chi connectivity index (χ1) is 13.4. The molecule has 3 rings (SSSR count). The molecule has 0 aromatic heterocycles. The van der Waals surface area contributed by atoms with Gasteiger partial charge in [-0.15, -0.1) is 0 Å². The molecule has 140 valence electrons. The number of nitrogens with zero attached hydrogens (tertiary/aromatic N) is 1. The summed E-state index contributed by atoms with van der Waals surface area (Å²) in [5.74, 6) is -1.53. The van der Waals surface area contributed by atoms with Crippen LogP contribution in [0.4, 0.5) is 21.5 Å². The molecule has 2 amide bonds. The lowest BCUT2D eigenvalue weighted by Crippen LogP contribution is -2.15. The quantitative estimate of drug-likeness (QED) is 0.511. The van der Waals surface area contributed by atoms with E-state index in [2.05, 4.69) is 10.6 Å². The predicted molar refractivity (Wildman–Crippen MR) is 102 cm³/mol. The van der Waals surface area contributed by atoms with Gasteiger partial charge in [0.15, 0.2) is 0 Å². The van der Waals surface area contributed by atoms with Gasteiger partial charge >= 0.3 is 0 Å². The van der Waals surface area contributed by atoms with Crippen LogP contribution in [-0.2, 0) is 0 Å². The van der Waals surface area contributed by atoms with Crippen molar-refractivity contribution >= 4 is 28.9 Å². The fraction of sp³-hybridized carbons (Fsp3) is 0. The molecule has 0 aliphatic heterocycles. The molecule has 2 N–H and O–H groups in total. The van der Waals surface area contributed by atoms with Gasteiger partial charge in [-0.25, -0.2) is 4.39 Å². The van der Waals surface area contributed by atoms with Crippen LogP contribution in [0.2, 0.25) is 0 Å². The predicted octanol–water partition coefficient (Wildman–Crippen LogP) is 4.24. The van der Waals surface area contributed by atoms with Gasteiger partial charge in [0.1, 0.15) is 11.4 Å². The van der Waals surface area contributed by atoms with Crippen LogP contribution in [0.3, 0.4) is 0 Å². The third-order valence-corrected chi connectivity index (χ3v) is 3.83. The van der Waals surface area contributed by atoms with E-state index in [0.29, 0.717) is 11.4 Å². The second-order valence-corrected chi connectivity index (χ2v) is 5.77. The van der Waals surface area contributed by atoms with Crippen LogP contribution in [0.15, 0.2) is 72.8 Å². The summed E-state index contributed by atoms with van der Waals surface area (Å²) in [4.78, 5) is 35.2. The molecule has 0 unspecified atom stereocenters. The van der Waals surface area contributed by atoms with Crippen molar-refractivity contribution in [3.8, 4) is 0 Å². The largest absolute Gasteiger partial charge is 0.322 e. The van der Waals surface area contributed by atoms with E-state index in [1.54, 1.807) is 18.2 Å². The molecule has 0 saturated carbocycles. The first-order valence-corrected chi connectivity index (χ1v) is 8.16. The normalized spacial score (nSPS) is 10.2. The highest BCUT2D eigenvalue weighted by molar-refractivity contribution is 6.08. The number of hydrogen-bond donors (Lipinski definition) is 2. The van der Waals surface area contributed by atoms with Crippen LogP contribution in [0.25, 0.3) is 0 Å². The van der Waals surface area contributed by atoms with Crippen molar-refractivity contribution in [2.75, 3.05) is 10.6 Å². The Bertz CT molecular complexity index is 1050. The Morgan fingerprint density at radius 3 is 2.21 bits per heavy atom. The number of nitro benzene ring substituents is 1. The monoisotopic (exact) mass is 379 g/mol. The Hall–Kier alpha value is -4.07. The van der Waals surface area contributed by atoms with Gasteiger partial charge in [0.05, 0.1) is 4.92 Å². The van der Waals surface area contributed by atoms with Crippen molar-refractivity contribution in [3.63, 3.8) is 0 Å². The van der Waals surface area contributed by atoms with Crippen molar-refractivity contribution in [2.45, 2.75) is 0 Å². The third-order valence-electron chi connectivity index (χ3n) is 3.83. The number of amides is 2. The van der Waals surface area contributed by atoms with Crippen molar-refractivity contribution in [1.29, 1.82) is 0 Å². The fourth-order valence-electron chi connectivity index (χ4n) is 2.50. The highest BCUT2D eigenvalue weighted by Crippen LogP contribution is 2.20. The maximum absolute atomic E-state index is 12.9. The topological polar surface area (TPSA) is 101 Å². The zero-order chi connectivity index (χ0) is 20.1. The summed E-state index contributed by atoms with van der Waals surface area (Å²) in [5.41, 5.74) is 0.569. The summed E-state index contributed by atoms with van der Waals surface area (Å²) in [7, 11) is 0. The number of benzene rings is 3. The lowest BCUT2D eigenvalue weighted by Gasteiger charge is -2.09. The van der Waals surface area contributed by atoms with Crippen molar-refractivity contribution in [3.05, 3.63) is 99.9 Å². The molecule has 0 fully saturated rings. The molecule has 0 saturated heterocycles. The first kappa shape index (κ1) is 18.7. The Balaban J connectivity index is 1.76. The summed E-state index contributed by atoms with van der Waals surface area (Å²) in [6, 6.07) is 17.0. The summed E-state index contributed by atoms with van der Waals surface area (Å²) in [6.45, 7) is 0. The highest BCUT2D eigenvalue weighted by Gasteiger charge is 2.19. The number of carbonyl (C=O) groups is 2. The lowest BCUT2D eigenvalue weighted by molar-refractivity contribution is -0.385. The van der Waals surface area contributed by atoms with Gasteiger partial charge in [0, 0.05) is 23.0 Å². The minimum absolute atomic E-state index is 0.0892. The third kappa shape index (κ3) is 4.36.